The molecular weight excluding hydrogens is 188 g/mol. The maximum atomic E-state index is 9.09. The van der Waals surface area contributed by atoms with E-state index in [1.54, 1.807) is 0 Å². The summed E-state index contributed by atoms with van der Waals surface area (Å²) in [7, 11) is 0. The molecule has 2 atom stereocenters. The van der Waals surface area contributed by atoms with Crippen LogP contribution in [0.5, 0.6) is 0 Å². The molecule has 1 aliphatic heterocycles. The first kappa shape index (κ1) is 11.4. The van der Waals surface area contributed by atoms with Crippen LogP contribution < -0.4 is 0 Å². The highest BCUT2D eigenvalue weighted by atomic mass is 16.5. The van der Waals surface area contributed by atoms with Gasteiger partial charge in [-0.05, 0) is 43.9 Å². The van der Waals surface area contributed by atoms with Crippen LogP contribution in [-0.4, -0.2) is 23.9 Å². The molecule has 0 bridgehead atoms. The van der Waals surface area contributed by atoms with Crippen LogP contribution in [0.2, 0.25) is 0 Å². The second kappa shape index (κ2) is 4.84. The Morgan fingerprint density at radius 3 is 2.80 bits per heavy atom. The molecule has 1 heterocycles. The lowest BCUT2D eigenvalue weighted by Crippen LogP contribution is -2.37. The van der Waals surface area contributed by atoms with E-state index in [9.17, 15) is 0 Å². The lowest BCUT2D eigenvalue weighted by atomic mass is 9.80. The van der Waals surface area contributed by atoms with Crippen molar-refractivity contribution in [1.82, 2.24) is 0 Å². The minimum absolute atomic E-state index is 0.248. The lowest BCUT2D eigenvalue weighted by molar-refractivity contribution is -0.0960. The van der Waals surface area contributed by atoms with Crippen LogP contribution in [0, 0.1) is 11.8 Å². The van der Waals surface area contributed by atoms with Crippen LogP contribution in [-0.2, 0) is 4.74 Å². The van der Waals surface area contributed by atoms with Gasteiger partial charge in [-0.1, -0.05) is 19.8 Å². The van der Waals surface area contributed by atoms with Gasteiger partial charge in [0.15, 0.2) is 0 Å². The smallest absolute Gasteiger partial charge is 0.0685 e. The zero-order chi connectivity index (χ0) is 10.7. The number of aliphatic hydroxyl groups is 1. The third kappa shape index (κ3) is 2.73. The van der Waals surface area contributed by atoms with E-state index in [0.717, 1.165) is 12.5 Å². The molecule has 0 aromatic rings. The molecule has 1 spiro atoms. The fourth-order valence-electron chi connectivity index (χ4n) is 3.34. The standard InChI is InChI=1S/C13H24O2/c1-11(10-14)8-12-4-7-15-13(9-12)5-2-3-6-13/h11-12,14H,2-10H2,1H3. The van der Waals surface area contributed by atoms with Crippen molar-refractivity contribution in [3.8, 4) is 0 Å². The van der Waals surface area contributed by atoms with Gasteiger partial charge in [-0.15, -0.1) is 0 Å². The highest BCUT2D eigenvalue weighted by molar-refractivity contribution is 4.91. The topological polar surface area (TPSA) is 29.5 Å². The summed E-state index contributed by atoms with van der Waals surface area (Å²) >= 11 is 0. The molecule has 1 aliphatic carbocycles. The Morgan fingerprint density at radius 2 is 2.13 bits per heavy atom. The number of hydrogen-bond acceptors (Lipinski definition) is 2. The quantitative estimate of drug-likeness (QED) is 0.779. The van der Waals surface area contributed by atoms with E-state index in [0.29, 0.717) is 12.5 Å². The summed E-state index contributed by atoms with van der Waals surface area (Å²) in [6, 6.07) is 0. The average Bonchev–Trinajstić information content (AvgIpc) is 2.66. The number of aliphatic hydroxyl groups excluding tert-OH is 1. The molecule has 2 fully saturated rings. The molecule has 0 amide bonds. The summed E-state index contributed by atoms with van der Waals surface area (Å²) in [5.74, 6) is 1.26. The van der Waals surface area contributed by atoms with Gasteiger partial charge in [-0.25, -0.2) is 0 Å². The van der Waals surface area contributed by atoms with E-state index in [4.69, 9.17) is 9.84 Å². The molecule has 0 aromatic heterocycles. The maximum Gasteiger partial charge on any atom is 0.0685 e. The first-order valence-corrected chi connectivity index (χ1v) is 6.49. The monoisotopic (exact) mass is 212 g/mol. The summed E-state index contributed by atoms with van der Waals surface area (Å²) < 4.78 is 6.01. The highest BCUT2D eigenvalue weighted by Gasteiger charge is 2.39. The zero-order valence-corrected chi connectivity index (χ0v) is 9.87. The first-order chi connectivity index (χ1) is 7.24. The van der Waals surface area contributed by atoms with Crippen molar-refractivity contribution in [1.29, 1.82) is 0 Å². The molecule has 2 unspecified atom stereocenters. The van der Waals surface area contributed by atoms with Gasteiger partial charge in [-0.2, -0.15) is 0 Å². The van der Waals surface area contributed by atoms with E-state index < -0.39 is 0 Å². The molecule has 2 heteroatoms. The van der Waals surface area contributed by atoms with Crippen LogP contribution in [0.15, 0.2) is 0 Å². The number of rotatable bonds is 3. The van der Waals surface area contributed by atoms with Gasteiger partial charge < -0.3 is 9.84 Å². The molecule has 1 saturated carbocycles. The Bertz CT molecular complexity index is 197. The fraction of sp³-hybridized carbons (Fsp3) is 1.00. The van der Waals surface area contributed by atoms with E-state index >= 15 is 0 Å². The van der Waals surface area contributed by atoms with Crippen molar-refractivity contribution in [3.05, 3.63) is 0 Å². The predicted octanol–water partition coefficient (Wildman–Crippen LogP) is 2.74. The second-order valence-corrected chi connectivity index (χ2v) is 5.62. The van der Waals surface area contributed by atoms with Gasteiger partial charge >= 0.3 is 0 Å². The Hall–Kier alpha value is -0.0800. The summed E-state index contributed by atoms with van der Waals surface area (Å²) in [6.45, 7) is 3.43. The van der Waals surface area contributed by atoms with Crippen LogP contribution in [0.3, 0.4) is 0 Å². The Balaban J connectivity index is 1.86. The van der Waals surface area contributed by atoms with Crippen molar-refractivity contribution in [2.75, 3.05) is 13.2 Å². The lowest BCUT2D eigenvalue weighted by Gasteiger charge is -2.39. The van der Waals surface area contributed by atoms with E-state index in [2.05, 4.69) is 6.92 Å². The molecule has 2 aliphatic rings. The van der Waals surface area contributed by atoms with Gasteiger partial charge in [0.1, 0.15) is 0 Å². The molecule has 1 N–H and O–H groups in total. The van der Waals surface area contributed by atoms with E-state index in [-0.39, 0.29) is 5.60 Å². The first-order valence-electron chi connectivity index (χ1n) is 6.49. The molecule has 2 nitrogen and oxygen atoms in total. The maximum absolute atomic E-state index is 9.09. The largest absolute Gasteiger partial charge is 0.396 e. The van der Waals surface area contributed by atoms with Gasteiger partial charge in [0.05, 0.1) is 5.60 Å². The number of ether oxygens (including phenoxy) is 1. The predicted molar refractivity (Wildman–Crippen MR) is 60.7 cm³/mol. The summed E-state index contributed by atoms with van der Waals surface area (Å²) in [6.07, 6.45) is 8.88. The normalized spacial score (nSPS) is 32.0. The van der Waals surface area contributed by atoms with E-state index in [1.165, 1.54) is 44.9 Å². The molecule has 2 rings (SSSR count). The third-order valence-electron chi connectivity index (χ3n) is 4.16. The van der Waals surface area contributed by atoms with Crippen molar-refractivity contribution >= 4 is 0 Å². The van der Waals surface area contributed by atoms with Gasteiger partial charge in [0.25, 0.3) is 0 Å². The van der Waals surface area contributed by atoms with Crippen LogP contribution >= 0.6 is 0 Å². The van der Waals surface area contributed by atoms with E-state index in [1.807, 2.05) is 0 Å². The summed E-state index contributed by atoms with van der Waals surface area (Å²) in [4.78, 5) is 0. The van der Waals surface area contributed by atoms with Gasteiger partial charge in [0, 0.05) is 13.2 Å². The zero-order valence-electron chi connectivity index (χ0n) is 9.87. The SMILES string of the molecule is CC(CO)CC1CCOC2(CCCC2)C1. The van der Waals surface area contributed by atoms with Crippen LogP contribution in [0.1, 0.15) is 51.9 Å². The Morgan fingerprint density at radius 1 is 1.40 bits per heavy atom. The minimum atomic E-state index is 0.248. The van der Waals surface area contributed by atoms with Crippen molar-refractivity contribution < 1.29 is 9.84 Å². The molecular formula is C13H24O2. The fourth-order valence-corrected chi connectivity index (χ4v) is 3.34. The van der Waals surface area contributed by atoms with Gasteiger partial charge in [-0.3, -0.25) is 0 Å². The van der Waals surface area contributed by atoms with Crippen LogP contribution in [0.25, 0.3) is 0 Å². The molecule has 0 radical (unpaired) electrons. The second-order valence-electron chi connectivity index (χ2n) is 5.62. The van der Waals surface area contributed by atoms with Crippen molar-refractivity contribution in [2.45, 2.75) is 57.5 Å². The molecule has 88 valence electrons. The molecule has 15 heavy (non-hydrogen) atoms. The summed E-state index contributed by atoms with van der Waals surface area (Å²) in [5, 5.41) is 9.09. The average molecular weight is 212 g/mol. The Labute approximate surface area is 93.0 Å². The number of hydrogen-bond donors (Lipinski definition) is 1. The Kier molecular flexibility index (Phi) is 3.68. The van der Waals surface area contributed by atoms with Crippen LogP contribution in [0.4, 0.5) is 0 Å². The highest BCUT2D eigenvalue weighted by Crippen LogP contribution is 2.43. The summed E-state index contributed by atoms with van der Waals surface area (Å²) in [5.41, 5.74) is 0.248. The van der Waals surface area contributed by atoms with Gasteiger partial charge in [0.2, 0.25) is 0 Å². The molecule has 1 saturated heterocycles. The third-order valence-corrected chi connectivity index (χ3v) is 4.16. The van der Waals surface area contributed by atoms with Crippen molar-refractivity contribution in [3.63, 3.8) is 0 Å². The van der Waals surface area contributed by atoms with Crippen molar-refractivity contribution in [2.24, 2.45) is 11.8 Å². The minimum Gasteiger partial charge on any atom is -0.396 e. The molecule has 0 aromatic carbocycles.